The van der Waals surface area contributed by atoms with Crippen molar-refractivity contribution in [2.24, 2.45) is 0 Å². The highest BCUT2D eigenvalue weighted by Crippen LogP contribution is 2.14. The van der Waals surface area contributed by atoms with Crippen molar-refractivity contribution in [1.82, 2.24) is 10.2 Å². The fourth-order valence-corrected chi connectivity index (χ4v) is 2.07. The van der Waals surface area contributed by atoms with Gasteiger partial charge in [-0.05, 0) is 18.1 Å². The van der Waals surface area contributed by atoms with Gasteiger partial charge in [0.2, 0.25) is 0 Å². The van der Waals surface area contributed by atoms with Crippen LogP contribution in [0, 0.1) is 0 Å². The molecule has 0 aliphatic rings. The molecule has 0 unspecified atom stereocenters. The predicted molar refractivity (Wildman–Crippen MR) is 83.9 cm³/mol. The van der Waals surface area contributed by atoms with Gasteiger partial charge in [-0.15, -0.1) is 0 Å². The predicted octanol–water partition coefficient (Wildman–Crippen LogP) is 2.19. The highest BCUT2D eigenvalue weighted by molar-refractivity contribution is 6.31. The van der Waals surface area contributed by atoms with Gasteiger partial charge in [-0.25, -0.2) is 4.79 Å². The van der Waals surface area contributed by atoms with E-state index in [0.717, 1.165) is 10.6 Å². The molecule has 0 aromatic heterocycles. The number of nitrogens with one attached hydrogen (secondary N) is 1. The molecule has 0 heterocycles. The molecule has 21 heavy (non-hydrogen) atoms. The lowest BCUT2D eigenvalue weighted by Crippen LogP contribution is -2.43. The molecule has 1 aromatic rings. The molecule has 118 valence electrons. The quantitative estimate of drug-likeness (QED) is 0.760. The van der Waals surface area contributed by atoms with Crippen LogP contribution in [-0.4, -0.2) is 58.0 Å². The Morgan fingerprint density at radius 3 is 2.38 bits per heavy atom. The van der Waals surface area contributed by atoms with Crippen LogP contribution in [0.25, 0.3) is 0 Å². The maximum Gasteiger partial charge on any atom is 0.317 e. The molecule has 1 N–H and O–H groups in total. The van der Waals surface area contributed by atoms with E-state index in [1.165, 1.54) is 0 Å². The van der Waals surface area contributed by atoms with Crippen LogP contribution in [-0.2, 0) is 15.9 Å². The number of hydrogen-bond donors (Lipinski definition) is 1. The molecule has 0 atom stereocenters. The number of hydrogen-bond acceptors (Lipinski definition) is 3. The van der Waals surface area contributed by atoms with Gasteiger partial charge >= 0.3 is 6.03 Å². The van der Waals surface area contributed by atoms with Crippen molar-refractivity contribution < 1.29 is 14.3 Å². The first-order valence-electron chi connectivity index (χ1n) is 6.93. The number of halogens is 1. The summed E-state index contributed by atoms with van der Waals surface area (Å²) in [7, 11) is 3.23. The van der Waals surface area contributed by atoms with Crippen molar-refractivity contribution in [2.75, 3.05) is 47.1 Å². The SMILES string of the molecule is COCCN(CCOC)C(=O)NCCc1ccccc1Cl. The van der Waals surface area contributed by atoms with E-state index in [2.05, 4.69) is 5.32 Å². The molecule has 1 rings (SSSR count). The highest BCUT2D eigenvalue weighted by atomic mass is 35.5. The first-order valence-corrected chi connectivity index (χ1v) is 7.31. The lowest BCUT2D eigenvalue weighted by Gasteiger charge is -2.22. The van der Waals surface area contributed by atoms with Crippen LogP contribution in [0.1, 0.15) is 5.56 Å². The third-order valence-electron chi connectivity index (χ3n) is 3.05. The van der Waals surface area contributed by atoms with Gasteiger partial charge in [0, 0.05) is 38.9 Å². The third kappa shape index (κ3) is 6.80. The molecule has 0 aliphatic heterocycles. The smallest absolute Gasteiger partial charge is 0.317 e. The summed E-state index contributed by atoms with van der Waals surface area (Å²) < 4.78 is 10.0. The first-order chi connectivity index (χ1) is 10.2. The number of carbonyl (C=O) groups is 1. The average Bonchev–Trinajstić information content (AvgIpc) is 2.49. The zero-order valence-corrected chi connectivity index (χ0v) is 13.4. The molecule has 0 saturated carbocycles. The topological polar surface area (TPSA) is 50.8 Å². The van der Waals surface area contributed by atoms with E-state index in [-0.39, 0.29) is 6.03 Å². The standard InChI is InChI=1S/C15H23ClN2O3/c1-20-11-9-18(10-12-21-2)15(19)17-8-7-13-5-3-4-6-14(13)16/h3-6H,7-12H2,1-2H3,(H,17,19). The lowest BCUT2D eigenvalue weighted by molar-refractivity contribution is 0.122. The number of benzene rings is 1. The number of ether oxygens (including phenoxy) is 2. The number of carbonyl (C=O) groups excluding carboxylic acids is 1. The summed E-state index contributed by atoms with van der Waals surface area (Å²) in [5.41, 5.74) is 1.03. The molecule has 0 saturated heterocycles. The Hall–Kier alpha value is -1.30. The van der Waals surface area contributed by atoms with Gasteiger partial charge in [0.25, 0.3) is 0 Å². The summed E-state index contributed by atoms with van der Waals surface area (Å²) in [4.78, 5) is 13.8. The van der Waals surface area contributed by atoms with Gasteiger partial charge < -0.3 is 19.7 Å². The third-order valence-corrected chi connectivity index (χ3v) is 3.41. The Morgan fingerprint density at radius 2 is 1.81 bits per heavy atom. The van der Waals surface area contributed by atoms with Crippen LogP contribution >= 0.6 is 11.6 Å². The summed E-state index contributed by atoms with van der Waals surface area (Å²) in [6.07, 6.45) is 0.702. The summed E-state index contributed by atoms with van der Waals surface area (Å²) in [6, 6.07) is 7.52. The maximum absolute atomic E-state index is 12.1. The summed E-state index contributed by atoms with van der Waals surface area (Å²) in [5.74, 6) is 0. The largest absolute Gasteiger partial charge is 0.383 e. The van der Waals surface area contributed by atoms with Gasteiger partial charge in [0.05, 0.1) is 13.2 Å². The maximum atomic E-state index is 12.1. The zero-order chi connectivity index (χ0) is 15.5. The normalized spacial score (nSPS) is 10.4. The minimum absolute atomic E-state index is 0.115. The van der Waals surface area contributed by atoms with Gasteiger partial charge in [0.1, 0.15) is 0 Å². The van der Waals surface area contributed by atoms with Gasteiger partial charge in [-0.1, -0.05) is 29.8 Å². The second-order valence-electron chi connectivity index (χ2n) is 4.55. The molecule has 2 amide bonds. The fourth-order valence-electron chi connectivity index (χ4n) is 1.83. The molecular weight excluding hydrogens is 292 g/mol. The molecule has 0 spiro atoms. The van der Waals surface area contributed by atoms with Gasteiger partial charge in [0.15, 0.2) is 0 Å². The molecule has 0 radical (unpaired) electrons. The Labute approximate surface area is 131 Å². The van der Waals surface area contributed by atoms with E-state index in [4.69, 9.17) is 21.1 Å². The van der Waals surface area contributed by atoms with E-state index >= 15 is 0 Å². The molecule has 0 bridgehead atoms. The van der Waals surface area contributed by atoms with Crippen molar-refractivity contribution in [3.05, 3.63) is 34.9 Å². The Kier molecular flexibility index (Phi) is 8.82. The number of amides is 2. The van der Waals surface area contributed by atoms with Crippen LogP contribution < -0.4 is 5.32 Å². The van der Waals surface area contributed by atoms with E-state index in [1.54, 1.807) is 19.1 Å². The van der Waals surface area contributed by atoms with Crippen molar-refractivity contribution in [3.8, 4) is 0 Å². The van der Waals surface area contributed by atoms with E-state index in [0.29, 0.717) is 39.3 Å². The minimum atomic E-state index is -0.115. The van der Waals surface area contributed by atoms with E-state index in [9.17, 15) is 4.79 Å². The van der Waals surface area contributed by atoms with Crippen molar-refractivity contribution >= 4 is 17.6 Å². The second-order valence-corrected chi connectivity index (χ2v) is 4.95. The second kappa shape index (κ2) is 10.4. The van der Waals surface area contributed by atoms with Gasteiger partial charge in [-0.3, -0.25) is 0 Å². The number of rotatable bonds is 9. The van der Waals surface area contributed by atoms with Crippen molar-refractivity contribution in [3.63, 3.8) is 0 Å². The lowest BCUT2D eigenvalue weighted by atomic mass is 10.1. The van der Waals surface area contributed by atoms with Crippen LogP contribution in [0.15, 0.2) is 24.3 Å². The van der Waals surface area contributed by atoms with E-state index < -0.39 is 0 Å². The van der Waals surface area contributed by atoms with Gasteiger partial charge in [-0.2, -0.15) is 0 Å². The van der Waals surface area contributed by atoms with Crippen LogP contribution in [0.2, 0.25) is 5.02 Å². The molecule has 5 nitrogen and oxygen atoms in total. The molecular formula is C15H23ClN2O3. The fraction of sp³-hybridized carbons (Fsp3) is 0.533. The highest BCUT2D eigenvalue weighted by Gasteiger charge is 2.12. The molecule has 0 fully saturated rings. The summed E-state index contributed by atoms with van der Waals surface area (Å²) >= 11 is 6.08. The number of nitrogens with zero attached hydrogens (tertiary/aromatic N) is 1. The monoisotopic (exact) mass is 314 g/mol. The van der Waals surface area contributed by atoms with Crippen LogP contribution in [0.3, 0.4) is 0 Å². The van der Waals surface area contributed by atoms with Crippen LogP contribution in [0.5, 0.6) is 0 Å². The Bertz CT molecular complexity index is 421. The molecule has 6 heteroatoms. The van der Waals surface area contributed by atoms with Crippen LogP contribution in [0.4, 0.5) is 4.79 Å². The minimum Gasteiger partial charge on any atom is -0.383 e. The Balaban J connectivity index is 2.40. The van der Waals surface area contributed by atoms with Crippen molar-refractivity contribution in [1.29, 1.82) is 0 Å². The summed E-state index contributed by atoms with van der Waals surface area (Å²) in [6.45, 7) is 2.62. The zero-order valence-electron chi connectivity index (χ0n) is 12.6. The van der Waals surface area contributed by atoms with Crippen molar-refractivity contribution in [2.45, 2.75) is 6.42 Å². The first kappa shape index (κ1) is 17.8. The molecule has 1 aromatic carbocycles. The summed E-state index contributed by atoms with van der Waals surface area (Å²) in [5, 5.41) is 3.62. The molecule has 0 aliphatic carbocycles. The number of urea groups is 1. The average molecular weight is 315 g/mol. The van der Waals surface area contributed by atoms with E-state index in [1.807, 2.05) is 24.3 Å². The number of methoxy groups -OCH3 is 2. The Morgan fingerprint density at radius 1 is 1.19 bits per heavy atom.